The third kappa shape index (κ3) is 2.61. The van der Waals surface area contributed by atoms with Crippen molar-refractivity contribution in [2.75, 3.05) is 5.88 Å². The third-order valence-corrected chi connectivity index (χ3v) is 1.65. The van der Waals surface area contributed by atoms with Gasteiger partial charge in [-0.15, -0.1) is 11.6 Å². The van der Waals surface area contributed by atoms with Gasteiger partial charge >= 0.3 is 0 Å². The molecule has 0 aliphatic carbocycles. The van der Waals surface area contributed by atoms with Crippen LogP contribution in [0.1, 0.15) is 12.0 Å². The first kappa shape index (κ1) is 10.8. The molecule has 0 unspecified atom stereocenters. The Morgan fingerprint density at radius 2 is 2.07 bits per heavy atom. The number of hydrogen-bond donors (Lipinski definition) is 1. The lowest BCUT2D eigenvalue weighted by Crippen LogP contribution is -1.86. The van der Waals surface area contributed by atoms with Gasteiger partial charge in [0.1, 0.15) is 0 Å². The molecule has 0 amide bonds. The Morgan fingerprint density at radius 3 is 2.64 bits per heavy atom. The van der Waals surface area contributed by atoms with Crippen LogP contribution in [-0.2, 0) is 0 Å². The first-order valence-electron chi connectivity index (χ1n) is 3.88. The molecule has 0 radical (unpaired) electrons. The second-order valence-corrected chi connectivity index (χ2v) is 2.91. The molecule has 1 rings (SSSR count). The highest BCUT2D eigenvalue weighted by molar-refractivity contribution is 6.18. The van der Waals surface area contributed by atoms with Crippen molar-refractivity contribution in [3.63, 3.8) is 0 Å². The van der Waals surface area contributed by atoms with E-state index in [2.05, 4.69) is 11.8 Å². The number of phenolic OH excluding ortho intramolecular Hbond substituents is 1. The molecule has 0 spiro atoms. The van der Waals surface area contributed by atoms with Crippen molar-refractivity contribution in [2.45, 2.75) is 6.42 Å². The van der Waals surface area contributed by atoms with Crippen molar-refractivity contribution in [3.8, 4) is 17.6 Å². The molecule has 0 saturated heterocycles. The van der Waals surface area contributed by atoms with E-state index in [0.717, 1.165) is 12.1 Å². The number of benzene rings is 1. The monoisotopic (exact) mass is 216 g/mol. The predicted octanol–water partition coefficient (Wildman–Crippen LogP) is 2.65. The van der Waals surface area contributed by atoms with Crippen LogP contribution in [-0.4, -0.2) is 11.0 Å². The summed E-state index contributed by atoms with van der Waals surface area (Å²) in [5.41, 5.74) is 0.228. The first-order valence-corrected chi connectivity index (χ1v) is 4.41. The topological polar surface area (TPSA) is 20.2 Å². The zero-order chi connectivity index (χ0) is 10.6. The Kier molecular flexibility index (Phi) is 3.73. The molecule has 4 heteroatoms. The summed E-state index contributed by atoms with van der Waals surface area (Å²) in [7, 11) is 0. The summed E-state index contributed by atoms with van der Waals surface area (Å²) in [4.78, 5) is 0. The number of aromatic hydroxyl groups is 1. The van der Waals surface area contributed by atoms with Crippen LogP contribution in [0.25, 0.3) is 0 Å². The zero-order valence-electron chi connectivity index (χ0n) is 7.15. The summed E-state index contributed by atoms with van der Waals surface area (Å²) in [6.07, 6.45) is 0.460. The first-order chi connectivity index (χ1) is 6.65. The fraction of sp³-hybridized carbons (Fsp3) is 0.200. The number of alkyl halides is 1. The molecule has 0 heterocycles. The van der Waals surface area contributed by atoms with E-state index in [0.29, 0.717) is 12.3 Å². The molecular weight excluding hydrogens is 210 g/mol. The van der Waals surface area contributed by atoms with Crippen LogP contribution in [0, 0.1) is 23.5 Å². The van der Waals surface area contributed by atoms with Gasteiger partial charge in [-0.3, -0.25) is 0 Å². The van der Waals surface area contributed by atoms with Crippen LogP contribution in [0.15, 0.2) is 12.1 Å². The van der Waals surface area contributed by atoms with Gasteiger partial charge in [0.05, 0.1) is 0 Å². The summed E-state index contributed by atoms with van der Waals surface area (Å²) in [5, 5.41) is 8.93. The predicted molar refractivity (Wildman–Crippen MR) is 50.2 cm³/mol. The van der Waals surface area contributed by atoms with E-state index < -0.39 is 17.4 Å². The van der Waals surface area contributed by atoms with Gasteiger partial charge in [-0.25, -0.2) is 4.39 Å². The lowest BCUT2D eigenvalue weighted by atomic mass is 10.2. The normalized spacial score (nSPS) is 9.36. The molecular formula is C10H7ClF2O. The van der Waals surface area contributed by atoms with Gasteiger partial charge in [0.2, 0.25) is 0 Å². The van der Waals surface area contributed by atoms with E-state index in [-0.39, 0.29) is 5.56 Å². The van der Waals surface area contributed by atoms with E-state index in [1.165, 1.54) is 0 Å². The van der Waals surface area contributed by atoms with Crippen LogP contribution in [0.2, 0.25) is 0 Å². The van der Waals surface area contributed by atoms with Crippen molar-refractivity contribution < 1.29 is 13.9 Å². The highest BCUT2D eigenvalue weighted by atomic mass is 35.5. The van der Waals surface area contributed by atoms with E-state index in [9.17, 15) is 8.78 Å². The Hall–Kier alpha value is -1.27. The average molecular weight is 217 g/mol. The van der Waals surface area contributed by atoms with Gasteiger partial charge < -0.3 is 5.11 Å². The Bertz CT molecular complexity index is 370. The summed E-state index contributed by atoms with van der Waals surface area (Å²) >= 11 is 5.37. The maximum absolute atomic E-state index is 12.7. The average Bonchev–Trinajstić information content (AvgIpc) is 2.14. The molecule has 0 saturated carbocycles. The van der Waals surface area contributed by atoms with Crippen molar-refractivity contribution in [2.24, 2.45) is 0 Å². The van der Waals surface area contributed by atoms with Crippen LogP contribution in [0.3, 0.4) is 0 Å². The molecule has 1 N–H and O–H groups in total. The molecule has 14 heavy (non-hydrogen) atoms. The molecule has 0 atom stereocenters. The standard InChI is InChI=1S/C10H7ClF2O/c11-4-2-1-3-7-5-8(12)10(13)9(14)6-7/h5-6,14H,2,4H2. The maximum atomic E-state index is 12.7. The third-order valence-electron chi connectivity index (χ3n) is 1.46. The summed E-state index contributed by atoms with van der Waals surface area (Å²) < 4.78 is 25.3. The second kappa shape index (κ2) is 4.83. The minimum atomic E-state index is -1.26. The van der Waals surface area contributed by atoms with Crippen molar-refractivity contribution >= 4 is 11.6 Å². The van der Waals surface area contributed by atoms with Crippen LogP contribution >= 0.6 is 11.6 Å². The Morgan fingerprint density at radius 1 is 1.36 bits per heavy atom. The molecule has 1 aromatic carbocycles. The Balaban J connectivity index is 2.97. The highest BCUT2D eigenvalue weighted by Crippen LogP contribution is 2.19. The zero-order valence-corrected chi connectivity index (χ0v) is 7.91. The SMILES string of the molecule is Oc1cc(C#CCCCl)cc(F)c1F. The van der Waals surface area contributed by atoms with Crippen molar-refractivity contribution in [1.29, 1.82) is 0 Å². The summed E-state index contributed by atoms with van der Waals surface area (Å²) in [6, 6.07) is 2.00. The maximum Gasteiger partial charge on any atom is 0.200 e. The van der Waals surface area contributed by atoms with Crippen LogP contribution < -0.4 is 0 Å². The van der Waals surface area contributed by atoms with E-state index in [1.54, 1.807) is 0 Å². The van der Waals surface area contributed by atoms with Gasteiger partial charge in [0, 0.05) is 17.9 Å². The Labute approximate surface area is 85.3 Å². The van der Waals surface area contributed by atoms with Gasteiger partial charge in [-0.05, 0) is 12.1 Å². The number of hydrogen-bond acceptors (Lipinski definition) is 1. The van der Waals surface area contributed by atoms with E-state index in [4.69, 9.17) is 16.7 Å². The summed E-state index contributed by atoms with van der Waals surface area (Å²) in [5.74, 6) is 2.47. The number of rotatable bonds is 1. The number of phenols is 1. The minimum Gasteiger partial charge on any atom is -0.505 e. The quantitative estimate of drug-likeness (QED) is 0.565. The van der Waals surface area contributed by atoms with Gasteiger partial charge in [0.15, 0.2) is 17.4 Å². The molecule has 0 aromatic heterocycles. The van der Waals surface area contributed by atoms with E-state index >= 15 is 0 Å². The van der Waals surface area contributed by atoms with Gasteiger partial charge in [0.25, 0.3) is 0 Å². The fourth-order valence-electron chi connectivity index (χ4n) is 0.859. The molecule has 0 fully saturated rings. The second-order valence-electron chi connectivity index (χ2n) is 2.53. The van der Waals surface area contributed by atoms with Crippen LogP contribution in [0.5, 0.6) is 5.75 Å². The van der Waals surface area contributed by atoms with Crippen molar-refractivity contribution in [1.82, 2.24) is 0 Å². The number of halogens is 3. The smallest absolute Gasteiger partial charge is 0.200 e. The highest BCUT2D eigenvalue weighted by Gasteiger charge is 2.07. The lowest BCUT2D eigenvalue weighted by molar-refractivity contribution is 0.407. The summed E-state index contributed by atoms with van der Waals surface area (Å²) in [6.45, 7) is 0. The van der Waals surface area contributed by atoms with E-state index in [1.807, 2.05) is 0 Å². The molecule has 1 aromatic rings. The lowest BCUT2D eigenvalue weighted by Gasteiger charge is -1.97. The fourth-order valence-corrected chi connectivity index (χ4v) is 0.953. The molecule has 0 aliphatic rings. The largest absolute Gasteiger partial charge is 0.505 e. The molecule has 0 aliphatic heterocycles. The minimum absolute atomic E-state index is 0.228. The van der Waals surface area contributed by atoms with Crippen molar-refractivity contribution in [3.05, 3.63) is 29.3 Å². The molecule has 74 valence electrons. The molecule has 1 nitrogen and oxygen atoms in total. The molecule has 0 bridgehead atoms. The van der Waals surface area contributed by atoms with Gasteiger partial charge in [-0.1, -0.05) is 11.8 Å². The van der Waals surface area contributed by atoms with Crippen LogP contribution in [0.4, 0.5) is 8.78 Å². The van der Waals surface area contributed by atoms with Gasteiger partial charge in [-0.2, -0.15) is 4.39 Å².